The summed E-state index contributed by atoms with van der Waals surface area (Å²) in [4.78, 5) is 11.5. The number of esters is 1. The molecule has 100 valence electrons. The summed E-state index contributed by atoms with van der Waals surface area (Å²) < 4.78 is 6.68. The van der Waals surface area contributed by atoms with Crippen molar-refractivity contribution in [1.82, 2.24) is 9.78 Å². The van der Waals surface area contributed by atoms with E-state index >= 15 is 0 Å². The summed E-state index contributed by atoms with van der Waals surface area (Å²) in [5, 5.41) is 4.25. The molecule has 0 spiro atoms. The number of ether oxygens (including phenoxy) is 1. The van der Waals surface area contributed by atoms with Crippen LogP contribution in [0, 0.1) is 0 Å². The number of hydrogen-bond donors (Lipinski definition) is 1. The van der Waals surface area contributed by atoms with Gasteiger partial charge in [0.15, 0.2) is 0 Å². The van der Waals surface area contributed by atoms with Gasteiger partial charge >= 0.3 is 5.97 Å². The molecule has 1 heterocycles. The monoisotopic (exact) mass is 259 g/mol. The Bertz CT molecular complexity index is 537. The molecule has 5 heteroatoms. The third-order valence-corrected chi connectivity index (χ3v) is 2.74. The maximum absolute atomic E-state index is 11.5. The topological polar surface area (TPSA) is 70.1 Å². The Balaban J connectivity index is 2.15. The smallest absolute Gasteiger partial charge is 0.323 e. The number of hydrogen-bond acceptors (Lipinski definition) is 4. The van der Waals surface area contributed by atoms with E-state index in [9.17, 15) is 4.79 Å². The lowest BCUT2D eigenvalue weighted by Crippen LogP contribution is -2.35. The Morgan fingerprint density at radius 3 is 2.79 bits per heavy atom. The van der Waals surface area contributed by atoms with Crippen LogP contribution >= 0.6 is 0 Å². The summed E-state index contributed by atoms with van der Waals surface area (Å²) in [6.45, 7) is 2.10. The molecule has 5 nitrogen and oxygen atoms in total. The Morgan fingerprint density at radius 2 is 2.11 bits per heavy atom. The van der Waals surface area contributed by atoms with Crippen molar-refractivity contribution in [2.24, 2.45) is 5.73 Å². The summed E-state index contributed by atoms with van der Waals surface area (Å²) in [6, 6.07) is 10.9. The van der Waals surface area contributed by atoms with Crippen LogP contribution < -0.4 is 5.73 Å². The first-order valence-electron chi connectivity index (χ1n) is 6.23. The number of carbonyl (C=O) groups excluding carboxylic acids is 1. The molecule has 0 aliphatic carbocycles. The van der Waals surface area contributed by atoms with E-state index in [4.69, 9.17) is 10.5 Å². The largest absolute Gasteiger partial charge is 0.465 e. The quantitative estimate of drug-likeness (QED) is 0.822. The number of para-hydroxylation sites is 1. The van der Waals surface area contributed by atoms with E-state index < -0.39 is 6.04 Å². The third-order valence-electron chi connectivity index (χ3n) is 2.74. The maximum atomic E-state index is 11.5. The molecule has 19 heavy (non-hydrogen) atoms. The van der Waals surface area contributed by atoms with E-state index in [1.54, 1.807) is 17.8 Å². The van der Waals surface area contributed by atoms with Gasteiger partial charge in [-0.05, 0) is 25.1 Å². The summed E-state index contributed by atoms with van der Waals surface area (Å²) in [6.07, 6.45) is 2.09. The fraction of sp³-hybridized carbons (Fsp3) is 0.286. The number of carbonyl (C=O) groups is 1. The molecular weight excluding hydrogens is 242 g/mol. The highest BCUT2D eigenvalue weighted by molar-refractivity contribution is 5.75. The first-order chi connectivity index (χ1) is 9.22. The SMILES string of the molecule is CCOC(=O)C(N)Cc1ccnn1-c1ccccc1. The lowest BCUT2D eigenvalue weighted by atomic mass is 10.1. The molecule has 0 radical (unpaired) electrons. The van der Waals surface area contributed by atoms with Crippen LogP contribution in [0.1, 0.15) is 12.6 Å². The molecule has 0 aliphatic heterocycles. The van der Waals surface area contributed by atoms with E-state index in [1.165, 1.54) is 0 Å². The zero-order valence-corrected chi connectivity index (χ0v) is 10.8. The van der Waals surface area contributed by atoms with Gasteiger partial charge in [0.2, 0.25) is 0 Å². The molecule has 0 bridgehead atoms. The zero-order valence-electron chi connectivity index (χ0n) is 10.8. The third kappa shape index (κ3) is 3.20. The number of rotatable bonds is 5. The highest BCUT2D eigenvalue weighted by Gasteiger charge is 2.17. The summed E-state index contributed by atoms with van der Waals surface area (Å²) >= 11 is 0. The summed E-state index contributed by atoms with van der Waals surface area (Å²) in [5.41, 5.74) is 7.65. The van der Waals surface area contributed by atoms with Gasteiger partial charge in [0, 0.05) is 18.3 Å². The normalized spacial score (nSPS) is 12.1. The van der Waals surface area contributed by atoms with E-state index in [0.29, 0.717) is 13.0 Å². The molecule has 1 atom stereocenters. The van der Waals surface area contributed by atoms with Gasteiger partial charge in [-0.15, -0.1) is 0 Å². The highest BCUT2D eigenvalue weighted by Crippen LogP contribution is 2.11. The van der Waals surface area contributed by atoms with Crippen molar-refractivity contribution in [2.75, 3.05) is 6.61 Å². The molecular formula is C14H17N3O2. The van der Waals surface area contributed by atoms with Crippen molar-refractivity contribution in [3.63, 3.8) is 0 Å². The number of aromatic nitrogens is 2. The maximum Gasteiger partial charge on any atom is 0.323 e. The summed E-state index contributed by atoms with van der Waals surface area (Å²) in [5.74, 6) is -0.386. The molecule has 1 aromatic carbocycles. The highest BCUT2D eigenvalue weighted by atomic mass is 16.5. The van der Waals surface area contributed by atoms with E-state index in [1.807, 2.05) is 36.4 Å². The van der Waals surface area contributed by atoms with Crippen LogP contribution in [0.25, 0.3) is 5.69 Å². The first-order valence-corrected chi connectivity index (χ1v) is 6.23. The average molecular weight is 259 g/mol. The van der Waals surface area contributed by atoms with Crippen molar-refractivity contribution in [3.8, 4) is 5.69 Å². The van der Waals surface area contributed by atoms with Crippen LogP contribution in [0.15, 0.2) is 42.6 Å². The minimum absolute atomic E-state index is 0.338. The van der Waals surface area contributed by atoms with Crippen LogP contribution in [0.2, 0.25) is 0 Å². The van der Waals surface area contributed by atoms with Gasteiger partial charge in [0.1, 0.15) is 6.04 Å². The predicted octanol–water partition coefficient (Wildman–Crippen LogP) is 1.31. The second kappa shape index (κ2) is 6.15. The fourth-order valence-corrected chi connectivity index (χ4v) is 1.84. The Labute approximate surface area is 112 Å². The van der Waals surface area contributed by atoms with Gasteiger partial charge in [-0.25, -0.2) is 4.68 Å². The standard InChI is InChI=1S/C14H17N3O2/c1-2-19-14(18)13(15)10-12-8-9-16-17(12)11-6-4-3-5-7-11/h3-9,13H,2,10,15H2,1H3. The van der Waals surface area contributed by atoms with Crippen molar-refractivity contribution in [1.29, 1.82) is 0 Å². The van der Waals surface area contributed by atoms with Crippen molar-refractivity contribution in [2.45, 2.75) is 19.4 Å². The van der Waals surface area contributed by atoms with E-state index in [2.05, 4.69) is 5.10 Å². The molecule has 2 N–H and O–H groups in total. The second-order valence-corrected chi connectivity index (χ2v) is 4.13. The van der Waals surface area contributed by atoms with Crippen molar-refractivity contribution < 1.29 is 9.53 Å². The average Bonchev–Trinajstić information content (AvgIpc) is 2.88. The van der Waals surface area contributed by atoms with Gasteiger partial charge in [-0.3, -0.25) is 4.79 Å². The molecule has 0 fully saturated rings. The predicted molar refractivity (Wildman–Crippen MR) is 71.9 cm³/mol. The molecule has 1 unspecified atom stereocenters. The molecule has 1 aromatic heterocycles. The lowest BCUT2D eigenvalue weighted by Gasteiger charge is -2.12. The van der Waals surface area contributed by atoms with Crippen LogP contribution in [0.3, 0.4) is 0 Å². The number of benzene rings is 1. The first kappa shape index (κ1) is 13.3. The Hall–Kier alpha value is -2.14. The minimum Gasteiger partial charge on any atom is -0.465 e. The lowest BCUT2D eigenvalue weighted by molar-refractivity contribution is -0.144. The van der Waals surface area contributed by atoms with Gasteiger partial charge in [-0.1, -0.05) is 18.2 Å². The molecule has 0 saturated heterocycles. The number of nitrogens with two attached hydrogens (primary N) is 1. The van der Waals surface area contributed by atoms with E-state index in [-0.39, 0.29) is 5.97 Å². The molecule has 0 saturated carbocycles. The van der Waals surface area contributed by atoms with Crippen molar-refractivity contribution in [3.05, 3.63) is 48.3 Å². The Kier molecular flexibility index (Phi) is 4.30. The van der Waals surface area contributed by atoms with Crippen LogP contribution in [-0.2, 0) is 16.0 Å². The van der Waals surface area contributed by atoms with Crippen LogP contribution in [0.4, 0.5) is 0 Å². The van der Waals surface area contributed by atoms with Gasteiger partial charge in [0.05, 0.1) is 12.3 Å². The molecule has 2 aromatic rings. The van der Waals surface area contributed by atoms with Crippen LogP contribution in [0.5, 0.6) is 0 Å². The van der Waals surface area contributed by atoms with Gasteiger partial charge in [0.25, 0.3) is 0 Å². The molecule has 2 rings (SSSR count). The molecule has 0 aliphatic rings. The van der Waals surface area contributed by atoms with Crippen molar-refractivity contribution >= 4 is 5.97 Å². The summed E-state index contributed by atoms with van der Waals surface area (Å²) in [7, 11) is 0. The van der Waals surface area contributed by atoms with Gasteiger partial charge in [-0.2, -0.15) is 5.10 Å². The fourth-order valence-electron chi connectivity index (χ4n) is 1.84. The zero-order chi connectivity index (χ0) is 13.7. The molecule has 0 amide bonds. The van der Waals surface area contributed by atoms with E-state index in [0.717, 1.165) is 11.4 Å². The minimum atomic E-state index is -0.667. The Morgan fingerprint density at radius 1 is 1.37 bits per heavy atom. The number of nitrogens with zero attached hydrogens (tertiary/aromatic N) is 2. The second-order valence-electron chi connectivity index (χ2n) is 4.13. The van der Waals surface area contributed by atoms with Crippen LogP contribution in [-0.4, -0.2) is 28.4 Å². The van der Waals surface area contributed by atoms with Gasteiger partial charge < -0.3 is 10.5 Å².